The second kappa shape index (κ2) is 11.9. The minimum Gasteiger partial charge on any atom is -0.466 e. The van der Waals surface area contributed by atoms with Crippen molar-refractivity contribution in [3.63, 3.8) is 0 Å². The summed E-state index contributed by atoms with van der Waals surface area (Å²) in [4.78, 5) is 44.6. The molecular weight excluding hydrogens is 552 g/mol. The molecule has 3 heterocycles. The predicted octanol–water partition coefficient (Wildman–Crippen LogP) is 3.47. The molecule has 0 saturated carbocycles. The molecule has 12 nitrogen and oxygen atoms in total. The summed E-state index contributed by atoms with van der Waals surface area (Å²) in [6.45, 7) is 1.89. The second-order valence-corrected chi connectivity index (χ2v) is 9.24. The van der Waals surface area contributed by atoms with Gasteiger partial charge in [-0.25, -0.2) is 23.9 Å². The number of nitrogens with zero attached hydrogens (tertiary/aromatic N) is 5. The number of anilines is 1. The number of ether oxygens (including phenoxy) is 3. The highest BCUT2D eigenvalue weighted by Crippen LogP contribution is 2.43. The Bertz CT molecular complexity index is 1850. The lowest BCUT2D eigenvalue weighted by atomic mass is 9.81. The van der Waals surface area contributed by atoms with Gasteiger partial charge in [0.2, 0.25) is 0 Å². The number of nitrogens with two attached hydrogens (primary N) is 1. The van der Waals surface area contributed by atoms with Gasteiger partial charge in [-0.2, -0.15) is 10.4 Å². The molecule has 1 aliphatic heterocycles. The van der Waals surface area contributed by atoms with Crippen LogP contribution in [0.2, 0.25) is 0 Å². The van der Waals surface area contributed by atoms with Gasteiger partial charge in [0, 0.05) is 23.5 Å². The number of fused-ring (bicyclic) bond motifs is 1. The summed E-state index contributed by atoms with van der Waals surface area (Å²) in [5, 5.41) is 14.7. The van der Waals surface area contributed by atoms with Crippen molar-refractivity contribution < 1.29 is 28.6 Å². The topological polar surface area (TPSA) is 162 Å². The van der Waals surface area contributed by atoms with Crippen LogP contribution in [0.25, 0.3) is 16.9 Å². The summed E-state index contributed by atoms with van der Waals surface area (Å²) in [7, 11) is 2.37. The zero-order valence-electron chi connectivity index (χ0n) is 23.5. The Morgan fingerprint density at radius 3 is 2.40 bits per heavy atom. The highest BCUT2D eigenvalue weighted by molar-refractivity contribution is 6.06. The first-order chi connectivity index (χ1) is 20.8. The van der Waals surface area contributed by atoms with Gasteiger partial charge in [0.1, 0.15) is 11.5 Å². The summed E-state index contributed by atoms with van der Waals surface area (Å²) < 4.78 is 16.8. The fourth-order valence-electron chi connectivity index (χ4n) is 5.00. The van der Waals surface area contributed by atoms with Crippen molar-refractivity contribution in [2.24, 2.45) is 5.73 Å². The molecule has 0 saturated heterocycles. The van der Waals surface area contributed by atoms with E-state index >= 15 is 0 Å². The molecule has 1 atom stereocenters. The summed E-state index contributed by atoms with van der Waals surface area (Å²) in [6.07, 6.45) is 1.57. The van der Waals surface area contributed by atoms with Gasteiger partial charge in [0.05, 0.1) is 49.7 Å². The number of hydrogen-bond acceptors (Lipinski definition) is 11. The minimum absolute atomic E-state index is 0.0436. The van der Waals surface area contributed by atoms with Crippen molar-refractivity contribution in [2.45, 2.75) is 12.8 Å². The maximum absolute atomic E-state index is 13.4. The third-order valence-electron chi connectivity index (χ3n) is 6.85. The number of benzene rings is 2. The molecule has 0 spiro atoms. The first-order valence-electron chi connectivity index (χ1n) is 13.1. The molecule has 1 unspecified atom stereocenters. The van der Waals surface area contributed by atoms with Crippen LogP contribution in [0.4, 0.5) is 5.69 Å². The molecule has 2 aromatic carbocycles. The van der Waals surface area contributed by atoms with E-state index in [0.717, 1.165) is 0 Å². The van der Waals surface area contributed by atoms with Crippen LogP contribution < -0.4 is 10.6 Å². The van der Waals surface area contributed by atoms with E-state index in [2.05, 4.69) is 16.2 Å². The van der Waals surface area contributed by atoms with Gasteiger partial charge >= 0.3 is 17.9 Å². The van der Waals surface area contributed by atoms with Crippen LogP contribution >= 0.6 is 0 Å². The van der Waals surface area contributed by atoms with Crippen molar-refractivity contribution in [3.05, 3.63) is 107 Å². The van der Waals surface area contributed by atoms with Gasteiger partial charge in [-0.15, -0.1) is 0 Å². The first kappa shape index (κ1) is 28.6. The fraction of sp³-hybridized carbons (Fsp3) is 0.161. The van der Waals surface area contributed by atoms with Crippen molar-refractivity contribution in [1.29, 1.82) is 5.26 Å². The van der Waals surface area contributed by atoms with E-state index in [1.54, 1.807) is 73.8 Å². The molecule has 216 valence electrons. The van der Waals surface area contributed by atoms with Crippen molar-refractivity contribution >= 4 is 29.2 Å². The number of methoxy groups -OCH3 is 2. The maximum atomic E-state index is 13.4. The minimum atomic E-state index is -0.989. The van der Waals surface area contributed by atoms with Crippen LogP contribution in [0, 0.1) is 11.3 Å². The SMILES string of the molecule is CCOC(=O)c1cc2nccc(-c3cccc(N4C(N)=C(C#N)C(c5ccccc5)C(C(=O)OC)=C4C(=O)OC)c3)n2n1. The summed E-state index contributed by atoms with van der Waals surface area (Å²) >= 11 is 0. The third kappa shape index (κ3) is 5.04. The van der Waals surface area contributed by atoms with Crippen molar-refractivity contribution in [2.75, 3.05) is 25.7 Å². The van der Waals surface area contributed by atoms with Crippen LogP contribution in [0.15, 0.2) is 95.6 Å². The Labute approximate surface area is 246 Å². The number of allylic oxidation sites excluding steroid dienone is 1. The standard InChI is InChI=1S/C31H26N6O6/c1-4-43-29(38)22-16-24-34-14-13-23(37(24)35-22)19-11-8-12-20(15-19)36-27(31(40)42-3)26(30(39)41-2)25(21(17-32)28(36)33)18-9-6-5-7-10-18/h5-16,25H,4,33H2,1-3H3. The van der Waals surface area contributed by atoms with E-state index in [1.807, 2.05) is 0 Å². The zero-order valence-corrected chi connectivity index (χ0v) is 23.5. The van der Waals surface area contributed by atoms with Crippen LogP contribution in [0.1, 0.15) is 28.9 Å². The number of nitriles is 1. The van der Waals surface area contributed by atoms with Gasteiger partial charge in [0.15, 0.2) is 11.3 Å². The van der Waals surface area contributed by atoms with Gasteiger partial charge < -0.3 is 19.9 Å². The molecule has 0 bridgehead atoms. The quantitative estimate of drug-likeness (QED) is 0.252. The lowest BCUT2D eigenvalue weighted by Gasteiger charge is -2.36. The largest absolute Gasteiger partial charge is 0.466 e. The Morgan fingerprint density at radius 1 is 0.977 bits per heavy atom. The van der Waals surface area contributed by atoms with Crippen molar-refractivity contribution in [1.82, 2.24) is 14.6 Å². The lowest BCUT2D eigenvalue weighted by Crippen LogP contribution is -2.40. The van der Waals surface area contributed by atoms with Gasteiger partial charge in [-0.05, 0) is 30.7 Å². The number of carbonyl (C=O) groups is 3. The summed E-state index contributed by atoms with van der Waals surface area (Å²) in [5.41, 5.74) is 8.94. The summed E-state index contributed by atoms with van der Waals surface area (Å²) in [5.74, 6) is -3.32. The Morgan fingerprint density at radius 2 is 1.72 bits per heavy atom. The molecular formula is C31H26N6O6. The van der Waals surface area contributed by atoms with Crippen LogP contribution in [0.3, 0.4) is 0 Å². The van der Waals surface area contributed by atoms with Crippen LogP contribution in [0.5, 0.6) is 0 Å². The van der Waals surface area contributed by atoms with Crippen LogP contribution in [-0.4, -0.2) is 53.3 Å². The van der Waals surface area contributed by atoms with Crippen molar-refractivity contribution in [3.8, 4) is 17.3 Å². The highest BCUT2D eigenvalue weighted by atomic mass is 16.5. The molecule has 4 aromatic rings. The number of esters is 3. The van der Waals surface area contributed by atoms with Gasteiger partial charge in [-0.3, -0.25) is 4.90 Å². The molecule has 0 amide bonds. The predicted molar refractivity (Wildman–Crippen MR) is 154 cm³/mol. The molecule has 2 aromatic heterocycles. The number of rotatable bonds is 7. The number of carbonyl (C=O) groups excluding carboxylic acids is 3. The van der Waals surface area contributed by atoms with Gasteiger partial charge in [0.25, 0.3) is 0 Å². The van der Waals surface area contributed by atoms with Crippen LogP contribution in [-0.2, 0) is 23.8 Å². The Balaban J connectivity index is 1.73. The fourth-order valence-corrected chi connectivity index (χ4v) is 5.00. The van der Waals surface area contributed by atoms with E-state index in [0.29, 0.717) is 28.2 Å². The van der Waals surface area contributed by atoms with E-state index in [9.17, 15) is 19.6 Å². The monoisotopic (exact) mass is 578 g/mol. The third-order valence-corrected chi connectivity index (χ3v) is 6.85. The maximum Gasteiger partial charge on any atom is 0.358 e. The van der Waals surface area contributed by atoms with E-state index in [1.165, 1.54) is 29.7 Å². The first-order valence-corrected chi connectivity index (χ1v) is 13.1. The smallest absolute Gasteiger partial charge is 0.358 e. The zero-order chi connectivity index (χ0) is 30.7. The molecule has 5 rings (SSSR count). The highest BCUT2D eigenvalue weighted by Gasteiger charge is 2.43. The molecule has 0 aliphatic carbocycles. The second-order valence-electron chi connectivity index (χ2n) is 9.24. The van der Waals surface area contributed by atoms with E-state index < -0.39 is 23.8 Å². The molecule has 43 heavy (non-hydrogen) atoms. The molecule has 1 aliphatic rings. The molecule has 12 heteroatoms. The lowest BCUT2D eigenvalue weighted by molar-refractivity contribution is -0.139. The molecule has 0 radical (unpaired) electrons. The Hall–Kier alpha value is -5.96. The van der Waals surface area contributed by atoms with E-state index in [4.69, 9.17) is 19.9 Å². The van der Waals surface area contributed by atoms with Gasteiger partial charge in [-0.1, -0.05) is 42.5 Å². The normalized spacial score (nSPS) is 14.8. The molecule has 2 N–H and O–H groups in total. The molecule has 0 fully saturated rings. The Kier molecular flexibility index (Phi) is 7.89. The number of hydrogen-bond donors (Lipinski definition) is 1. The average Bonchev–Trinajstić information content (AvgIpc) is 3.49. The number of aromatic nitrogens is 3. The average molecular weight is 579 g/mol. The van der Waals surface area contributed by atoms with E-state index in [-0.39, 0.29) is 35.0 Å². The summed E-state index contributed by atoms with van der Waals surface area (Å²) in [6, 6.07) is 21.0.